The summed E-state index contributed by atoms with van der Waals surface area (Å²) in [6.45, 7) is 2.11. The summed E-state index contributed by atoms with van der Waals surface area (Å²) >= 11 is 1.20. The van der Waals surface area contributed by atoms with Gasteiger partial charge in [0.1, 0.15) is 0 Å². The van der Waals surface area contributed by atoms with E-state index in [0.717, 1.165) is 25.1 Å². The molecule has 1 heterocycles. The highest BCUT2D eigenvalue weighted by molar-refractivity contribution is 7.99. The van der Waals surface area contributed by atoms with E-state index in [1.807, 2.05) is 0 Å². The van der Waals surface area contributed by atoms with Crippen molar-refractivity contribution in [1.29, 1.82) is 0 Å². The summed E-state index contributed by atoms with van der Waals surface area (Å²) in [5, 5.41) is 13.4. The second-order valence-corrected chi connectivity index (χ2v) is 4.16. The van der Waals surface area contributed by atoms with Crippen molar-refractivity contribution in [2.75, 3.05) is 5.75 Å². The highest BCUT2D eigenvalue weighted by Crippen LogP contribution is 2.14. The number of aliphatic carboxylic acids is 1. The van der Waals surface area contributed by atoms with E-state index in [9.17, 15) is 4.79 Å². The Bertz CT molecular complexity index is 338. The maximum Gasteiger partial charge on any atom is 0.313 e. The third-order valence-corrected chi connectivity index (χ3v) is 2.85. The Morgan fingerprint density at radius 3 is 2.93 bits per heavy atom. The summed E-state index contributed by atoms with van der Waals surface area (Å²) in [4.78, 5) is 14.7. The van der Waals surface area contributed by atoms with Gasteiger partial charge >= 0.3 is 5.97 Å². The summed E-state index contributed by atoms with van der Waals surface area (Å²) in [5.41, 5.74) is 0. The summed E-state index contributed by atoms with van der Waals surface area (Å²) < 4.78 is 1.64. The van der Waals surface area contributed by atoms with Gasteiger partial charge in [-0.3, -0.25) is 4.79 Å². The monoisotopic (exact) mass is 229 g/mol. The minimum atomic E-state index is -0.835. The number of carboxylic acid groups (broad SMARTS) is 1. The van der Waals surface area contributed by atoms with Crippen molar-refractivity contribution in [1.82, 2.24) is 14.8 Å². The van der Waals surface area contributed by atoms with Crippen LogP contribution < -0.4 is 0 Å². The van der Waals surface area contributed by atoms with Gasteiger partial charge in [0.15, 0.2) is 11.0 Å². The molecule has 0 unspecified atom stereocenters. The van der Waals surface area contributed by atoms with Crippen molar-refractivity contribution in [2.45, 2.75) is 31.3 Å². The third-order valence-electron chi connectivity index (χ3n) is 1.85. The van der Waals surface area contributed by atoms with Crippen molar-refractivity contribution in [3.05, 3.63) is 5.82 Å². The zero-order valence-electron chi connectivity index (χ0n) is 8.93. The molecule has 1 aromatic rings. The molecule has 0 amide bonds. The molecule has 0 spiro atoms. The maximum atomic E-state index is 10.4. The molecular weight excluding hydrogens is 214 g/mol. The van der Waals surface area contributed by atoms with Crippen molar-refractivity contribution in [2.24, 2.45) is 7.05 Å². The highest BCUT2D eigenvalue weighted by atomic mass is 32.2. The molecule has 0 aromatic carbocycles. The number of carboxylic acids is 1. The second kappa shape index (κ2) is 5.75. The highest BCUT2D eigenvalue weighted by Gasteiger charge is 2.08. The fourth-order valence-electron chi connectivity index (χ4n) is 1.11. The Morgan fingerprint density at radius 2 is 2.33 bits per heavy atom. The average Bonchev–Trinajstić information content (AvgIpc) is 2.53. The van der Waals surface area contributed by atoms with Gasteiger partial charge in [-0.2, -0.15) is 5.10 Å². The van der Waals surface area contributed by atoms with Crippen LogP contribution >= 0.6 is 11.8 Å². The molecule has 0 aliphatic heterocycles. The zero-order valence-corrected chi connectivity index (χ0v) is 9.75. The quantitative estimate of drug-likeness (QED) is 0.745. The molecule has 0 fully saturated rings. The Balaban J connectivity index is 2.56. The second-order valence-electron chi connectivity index (χ2n) is 3.22. The van der Waals surface area contributed by atoms with Gasteiger partial charge in [0.2, 0.25) is 0 Å². The fourth-order valence-corrected chi connectivity index (χ4v) is 1.76. The van der Waals surface area contributed by atoms with Crippen molar-refractivity contribution in [3.63, 3.8) is 0 Å². The molecule has 1 N–H and O–H groups in total. The van der Waals surface area contributed by atoms with Crippen LogP contribution in [0.3, 0.4) is 0 Å². The van der Waals surface area contributed by atoms with Crippen LogP contribution in [-0.4, -0.2) is 31.6 Å². The Labute approximate surface area is 92.9 Å². The molecule has 84 valence electrons. The van der Waals surface area contributed by atoms with Gasteiger partial charge in [-0.05, 0) is 6.42 Å². The molecule has 5 nitrogen and oxygen atoms in total. The average molecular weight is 229 g/mol. The largest absolute Gasteiger partial charge is 0.481 e. The van der Waals surface area contributed by atoms with Crippen LogP contribution in [-0.2, 0) is 18.3 Å². The molecule has 0 saturated heterocycles. The van der Waals surface area contributed by atoms with Crippen LogP contribution in [0.2, 0.25) is 0 Å². The zero-order chi connectivity index (χ0) is 11.3. The predicted molar refractivity (Wildman–Crippen MR) is 58.0 cm³/mol. The van der Waals surface area contributed by atoms with E-state index in [1.165, 1.54) is 11.8 Å². The smallest absolute Gasteiger partial charge is 0.313 e. The Morgan fingerprint density at radius 1 is 1.60 bits per heavy atom. The van der Waals surface area contributed by atoms with E-state index in [4.69, 9.17) is 5.11 Å². The maximum absolute atomic E-state index is 10.4. The van der Waals surface area contributed by atoms with E-state index in [1.54, 1.807) is 11.7 Å². The first-order chi connectivity index (χ1) is 7.13. The molecule has 0 saturated carbocycles. The molecule has 1 rings (SSSR count). The lowest BCUT2D eigenvalue weighted by molar-refractivity contribution is -0.133. The summed E-state index contributed by atoms with van der Waals surface area (Å²) in [6.07, 6.45) is 3.03. The van der Waals surface area contributed by atoms with E-state index in [0.29, 0.717) is 5.16 Å². The number of hydrogen-bond donors (Lipinski definition) is 1. The van der Waals surface area contributed by atoms with Crippen LogP contribution in [0.1, 0.15) is 25.6 Å². The number of thioether (sulfide) groups is 1. The number of carbonyl (C=O) groups is 1. The number of aryl methyl sites for hydroxylation is 2. The van der Waals surface area contributed by atoms with Crippen LogP contribution in [0.4, 0.5) is 0 Å². The molecule has 6 heteroatoms. The van der Waals surface area contributed by atoms with Crippen LogP contribution in [0.5, 0.6) is 0 Å². The normalized spacial score (nSPS) is 10.5. The van der Waals surface area contributed by atoms with Gasteiger partial charge in [-0.25, -0.2) is 9.67 Å². The minimum Gasteiger partial charge on any atom is -0.481 e. The van der Waals surface area contributed by atoms with Gasteiger partial charge < -0.3 is 5.11 Å². The van der Waals surface area contributed by atoms with Gasteiger partial charge in [-0.15, -0.1) is 0 Å². The van der Waals surface area contributed by atoms with E-state index in [2.05, 4.69) is 17.0 Å². The molecule has 0 atom stereocenters. The molecule has 0 aliphatic rings. The Hall–Kier alpha value is -1.04. The van der Waals surface area contributed by atoms with Crippen LogP contribution in [0.15, 0.2) is 5.16 Å². The lowest BCUT2D eigenvalue weighted by Crippen LogP contribution is -2.00. The molecule has 0 radical (unpaired) electrons. The van der Waals surface area contributed by atoms with E-state index in [-0.39, 0.29) is 5.75 Å². The first-order valence-electron chi connectivity index (χ1n) is 4.88. The van der Waals surface area contributed by atoms with Gasteiger partial charge in [-0.1, -0.05) is 25.1 Å². The van der Waals surface area contributed by atoms with Gasteiger partial charge in [0.25, 0.3) is 0 Å². The molecule has 1 aromatic heterocycles. The Kier molecular flexibility index (Phi) is 4.61. The van der Waals surface area contributed by atoms with Crippen LogP contribution in [0.25, 0.3) is 0 Å². The topological polar surface area (TPSA) is 68.0 Å². The van der Waals surface area contributed by atoms with Crippen molar-refractivity contribution in [3.8, 4) is 0 Å². The minimum absolute atomic E-state index is 0.0275. The molecule has 0 aliphatic carbocycles. The van der Waals surface area contributed by atoms with Crippen LogP contribution in [0, 0.1) is 0 Å². The molecule has 0 bridgehead atoms. The molecular formula is C9H15N3O2S. The standard InChI is InChI=1S/C9H15N3O2S/c1-3-4-5-7-10-9(12(2)11-7)15-6-8(13)14/h3-6H2,1-2H3,(H,13,14). The third kappa shape index (κ3) is 3.91. The summed E-state index contributed by atoms with van der Waals surface area (Å²) in [5.74, 6) is -0.00918. The number of nitrogens with zero attached hydrogens (tertiary/aromatic N) is 3. The molecule has 15 heavy (non-hydrogen) atoms. The van der Waals surface area contributed by atoms with Crippen molar-refractivity contribution < 1.29 is 9.90 Å². The predicted octanol–water partition coefficient (Wildman–Crippen LogP) is 1.33. The van der Waals surface area contributed by atoms with Crippen molar-refractivity contribution >= 4 is 17.7 Å². The van der Waals surface area contributed by atoms with E-state index >= 15 is 0 Å². The number of aromatic nitrogens is 3. The first-order valence-corrected chi connectivity index (χ1v) is 5.86. The lowest BCUT2D eigenvalue weighted by atomic mass is 10.2. The van der Waals surface area contributed by atoms with Gasteiger partial charge in [0.05, 0.1) is 5.75 Å². The van der Waals surface area contributed by atoms with Gasteiger partial charge in [0, 0.05) is 13.5 Å². The number of unbranched alkanes of at least 4 members (excludes halogenated alkanes) is 1. The number of hydrogen-bond acceptors (Lipinski definition) is 4. The summed E-state index contributed by atoms with van der Waals surface area (Å²) in [7, 11) is 1.78. The lowest BCUT2D eigenvalue weighted by Gasteiger charge is -1.94. The SMILES string of the molecule is CCCCc1nc(SCC(=O)O)n(C)n1. The van der Waals surface area contributed by atoms with E-state index < -0.39 is 5.97 Å². The fraction of sp³-hybridized carbons (Fsp3) is 0.667. The summed E-state index contributed by atoms with van der Waals surface area (Å²) in [6, 6.07) is 0. The number of rotatable bonds is 6. The first kappa shape index (κ1) is 12.0.